The van der Waals surface area contributed by atoms with Crippen LogP contribution in [0.15, 0.2) is 30.3 Å². The molecule has 0 spiro atoms. The van der Waals surface area contributed by atoms with Gasteiger partial charge in [-0.25, -0.2) is 0 Å². The van der Waals surface area contributed by atoms with Crippen molar-refractivity contribution >= 4 is 34.1 Å². The van der Waals surface area contributed by atoms with Crippen LogP contribution in [0.2, 0.25) is 0 Å². The highest BCUT2D eigenvalue weighted by Crippen LogP contribution is 2.38. The molecule has 1 heterocycles. The molecule has 0 bridgehead atoms. The summed E-state index contributed by atoms with van der Waals surface area (Å²) in [6.45, 7) is 1.49. The highest BCUT2D eigenvalue weighted by molar-refractivity contribution is 7.17. The number of nitrogens with one attached hydrogen (secondary N) is 1. The average Bonchev–Trinajstić information content (AvgIpc) is 3.22. The molecule has 1 aliphatic carbocycles. The van der Waals surface area contributed by atoms with Crippen LogP contribution >= 0.6 is 11.3 Å². The number of ether oxygens (including phenoxy) is 1. The number of carbonyl (C=O) groups is 3. The fourth-order valence-corrected chi connectivity index (χ4v) is 4.69. The summed E-state index contributed by atoms with van der Waals surface area (Å²) in [7, 11) is 0. The predicted molar refractivity (Wildman–Crippen MR) is 104 cm³/mol. The largest absolute Gasteiger partial charge is 0.455 e. The molecular formula is C20H22N2O4S. The van der Waals surface area contributed by atoms with E-state index in [1.807, 2.05) is 37.3 Å². The first-order valence-corrected chi connectivity index (χ1v) is 9.78. The van der Waals surface area contributed by atoms with Crippen molar-refractivity contribution in [3.63, 3.8) is 0 Å². The van der Waals surface area contributed by atoms with Gasteiger partial charge in [0.1, 0.15) is 5.00 Å². The van der Waals surface area contributed by atoms with Gasteiger partial charge in [0.05, 0.1) is 11.5 Å². The van der Waals surface area contributed by atoms with Crippen LogP contribution in [-0.4, -0.2) is 24.4 Å². The Bertz CT molecular complexity index is 860. The van der Waals surface area contributed by atoms with Crippen LogP contribution in [0.25, 0.3) is 0 Å². The van der Waals surface area contributed by atoms with E-state index in [0.29, 0.717) is 17.0 Å². The lowest BCUT2D eigenvalue weighted by molar-refractivity contribution is -0.149. The van der Waals surface area contributed by atoms with Crippen LogP contribution < -0.4 is 11.1 Å². The maximum absolute atomic E-state index is 12.3. The fourth-order valence-electron chi connectivity index (χ4n) is 3.38. The maximum atomic E-state index is 12.3. The van der Waals surface area contributed by atoms with E-state index in [0.717, 1.165) is 35.3 Å². The standard InChI is InChI=1S/C20H22N2O4S/c1-2-13(12-7-4-3-5-8-12)20(25)26-11-16(23)22-19-17(18(21)24)14-9-6-10-15(14)27-19/h3-5,7-8,13H,2,6,9-11H2,1H3,(H2,21,24)(H,22,23)/t13-/m1/s1. The molecular weight excluding hydrogens is 364 g/mol. The molecule has 142 valence electrons. The van der Waals surface area contributed by atoms with Gasteiger partial charge in [-0.05, 0) is 36.8 Å². The van der Waals surface area contributed by atoms with E-state index in [9.17, 15) is 14.4 Å². The Hall–Kier alpha value is -2.67. The first kappa shape index (κ1) is 19.1. The van der Waals surface area contributed by atoms with Crippen molar-refractivity contribution in [1.82, 2.24) is 0 Å². The number of thiophene rings is 1. The van der Waals surface area contributed by atoms with Gasteiger partial charge in [-0.3, -0.25) is 14.4 Å². The lowest BCUT2D eigenvalue weighted by Gasteiger charge is -2.14. The van der Waals surface area contributed by atoms with Gasteiger partial charge in [0.2, 0.25) is 0 Å². The minimum Gasteiger partial charge on any atom is -0.455 e. The van der Waals surface area contributed by atoms with E-state index in [-0.39, 0.29) is 0 Å². The number of hydrogen-bond acceptors (Lipinski definition) is 5. The van der Waals surface area contributed by atoms with Crippen LogP contribution in [0.4, 0.5) is 5.00 Å². The van der Waals surface area contributed by atoms with Crippen molar-refractivity contribution in [2.75, 3.05) is 11.9 Å². The van der Waals surface area contributed by atoms with E-state index < -0.39 is 30.3 Å². The zero-order valence-corrected chi connectivity index (χ0v) is 15.9. The molecule has 0 saturated heterocycles. The molecule has 1 atom stereocenters. The van der Waals surface area contributed by atoms with Crippen molar-refractivity contribution in [2.45, 2.75) is 38.5 Å². The second-order valence-corrected chi connectivity index (χ2v) is 7.56. The van der Waals surface area contributed by atoms with Gasteiger partial charge in [0.15, 0.2) is 6.61 Å². The maximum Gasteiger partial charge on any atom is 0.313 e. The summed E-state index contributed by atoms with van der Waals surface area (Å²) in [5, 5.41) is 3.12. The molecule has 2 amide bonds. The van der Waals surface area contributed by atoms with Crippen molar-refractivity contribution < 1.29 is 19.1 Å². The Morgan fingerprint density at radius 3 is 2.63 bits per heavy atom. The Labute approximate surface area is 161 Å². The molecule has 0 aliphatic heterocycles. The van der Waals surface area contributed by atoms with Crippen LogP contribution in [-0.2, 0) is 27.2 Å². The summed E-state index contributed by atoms with van der Waals surface area (Å²) < 4.78 is 5.20. The average molecular weight is 386 g/mol. The van der Waals surface area contributed by atoms with E-state index in [4.69, 9.17) is 10.5 Å². The third kappa shape index (κ3) is 4.19. The molecule has 2 aromatic rings. The van der Waals surface area contributed by atoms with Crippen LogP contribution in [0, 0.1) is 0 Å². The van der Waals surface area contributed by atoms with Crippen LogP contribution in [0.5, 0.6) is 0 Å². The summed E-state index contributed by atoms with van der Waals surface area (Å²) in [5.74, 6) is -1.88. The lowest BCUT2D eigenvalue weighted by atomic mass is 9.97. The lowest BCUT2D eigenvalue weighted by Crippen LogP contribution is -2.24. The van der Waals surface area contributed by atoms with Crippen molar-refractivity contribution in [1.29, 1.82) is 0 Å². The fraction of sp³-hybridized carbons (Fsp3) is 0.350. The quantitative estimate of drug-likeness (QED) is 0.715. The number of rotatable bonds is 7. The zero-order valence-electron chi connectivity index (χ0n) is 15.1. The predicted octanol–water partition coefficient (Wildman–Crippen LogP) is 3.01. The van der Waals surface area contributed by atoms with E-state index in [2.05, 4.69) is 5.32 Å². The monoisotopic (exact) mass is 386 g/mol. The molecule has 3 N–H and O–H groups in total. The SMILES string of the molecule is CC[C@@H](C(=O)OCC(=O)Nc1sc2c(c1C(N)=O)CCC2)c1ccccc1. The highest BCUT2D eigenvalue weighted by atomic mass is 32.1. The minimum absolute atomic E-state index is 0.392. The molecule has 0 unspecified atom stereocenters. The molecule has 0 saturated carbocycles. The first-order valence-electron chi connectivity index (χ1n) is 8.97. The summed E-state index contributed by atoms with van der Waals surface area (Å²) in [6.07, 6.45) is 3.25. The van der Waals surface area contributed by atoms with Gasteiger partial charge in [0.25, 0.3) is 11.8 Å². The Morgan fingerprint density at radius 1 is 1.22 bits per heavy atom. The van der Waals surface area contributed by atoms with Gasteiger partial charge in [-0.15, -0.1) is 11.3 Å². The van der Waals surface area contributed by atoms with E-state index in [1.165, 1.54) is 11.3 Å². The van der Waals surface area contributed by atoms with E-state index >= 15 is 0 Å². The number of hydrogen-bond donors (Lipinski definition) is 2. The third-order valence-electron chi connectivity index (χ3n) is 4.66. The van der Waals surface area contributed by atoms with Crippen LogP contribution in [0.1, 0.15) is 52.0 Å². The number of nitrogens with two attached hydrogens (primary N) is 1. The summed E-state index contributed by atoms with van der Waals surface area (Å²) in [5.41, 5.74) is 7.67. The summed E-state index contributed by atoms with van der Waals surface area (Å²) in [4.78, 5) is 37.4. The van der Waals surface area contributed by atoms with E-state index in [1.54, 1.807) is 0 Å². The minimum atomic E-state index is -0.545. The second-order valence-electron chi connectivity index (χ2n) is 6.45. The molecule has 6 nitrogen and oxygen atoms in total. The number of esters is 1. The number of benzene rings is 1. The third-order valence-corrected chi connectivity index (χ3v) is 5.87. The summed E-state index contributed by atoms with van der Waals surface area (Å²) >= 11 is 1.37. The number of primary amides is 1. The van der Waals surface area contributed by atoms with Gasteiger partial charge >= 0.3 is 5.97 Å². The second kappa shape index (κ2) is 8.35. The summed E-state index contributed by atoms with van der Waals surface area (Å²) in [6, 6.07) is 9.33. The number of anilines is 1. The van der Waals surface area contributed by atoms with Crippen molar-refractivity contribution in [3.8, 4) is 0 Å². The topological polar surface area (TPSA) is 98.5 Å². The molecule has 3 rings (SSSR count). The van der Waals surface area contributed by atoms with Gasteiger partial charge in [0, 0.05) is 4.88 Å². The molecule has 0 fully saturated rings. The number of fused-ring (bicyclic) bond motifs is 1. The molecule has 1 aromatic carbocycles. The Balaban J connectivity index is 1.62. The Kier molecular flexibility index (Phi) is 5.91. The Morgan fingerprint density at radius 2 is 1.96 bits per heavy atom. The number of aryl methyl sites for hydroxylation is 1. The molecule has 1 aliphatic rings. The molecule has 27 heavy (non-hydrogen) atoms. The molecule has 7 heteroatoms. The zero-order chi connectivity index (χ0) is 19.4. The van der Waals surface area contributed by atoms with Crippen molar-refractivity contribution in [3.05, 3.63) is 51.9 Å². The first-order chi connectivity index (χ1) is 13.0. The molecule has 1 aromatic heterocycles. The highest BCUT2D eigenvalue weighted by Gasteiger charge is 2.27. The van der Waals surface area contributed by atoms with Gasteiger partial charge in [-0.2, -0.15) is 0 Å². The van der Waals surface area contributed by atoms with Gasteiger partial charge in [-0.1, -0.05) is 37.3 Å². The number of carbonyl (C=O) groups excluding carboxylic acids is 3. The van der Waals surface area contributed by atoms with Crippen molar-refractivity contribution in [2.24, 2.45) is 5.73 Å². The van der Waals surface area contributed by atoms with Gasteiger partial charge < -0.3 is 15.8 Å². The van der Waals surface area contributed by atoms with Crippen LogP contribution in [0.3, 0.4) is 0 Å². The molecule has 0 radical (unpaired) electrons. The normalized spacial score (nSPS) is 13.7. The smallest absolute Gasteiger partial charge is 0.313 e. The number of amides is 2.